The number of H-pyrrole nitrogens is 1. The van der Waals surface area contributed by atoms with Crippen LogP contribution in [0.1, 0.15) is 0 Å². The molecule has 0 radical (unpaired) electrons. The molecule has 0 spiro atoms. The fraction of sp³-hybridized carbons (Fsp3) is 0.100. The van der Waals surface area contributed by atoms with Gasteiger partial charge >= 0.3 is 0 Å². The van der Waals surface area contributed by atoms with E-state index in [1.807, 2.05) is 6.07 Å². The summed E-state index contributed by atoms with van der Waals surface area (Å²) in [6.07, 6.45) is 1.63. The van der Waals surface area contributed by atoms with Gasteiger partial charge in [0.05, 0.1) is 12.8 Å². The molecule has 2 aromatic rings. The van der Waals surface area contributed by atoms with Crippen LogP contribution in [0.4, 0.5) is 0 Å². The van der Waals surface area contributed by atoms with Crippen LogP contribution in [-0.2, 0) is 0 Å². The average molecular weight is 190 g/mol. The summed E-state index contributed by atoms with van der Waals surface area (Å²) in [6.45, 7) is 0. The van der Waals surface area contributed by atoms with E-state index in [1.54, 1.807) is 24.4 Å². The number of aromatic amines is 1. The summed E-state index contributed by atoms with van der Waals surface area (Å²) in [5.74, 6) is 0.580. The van der Waals surface area contributed by atoms with Crippen molar-refractivity contribution in [3.63, 3.8) is 0 Å². The SMILES string of the molecule is COc1cccc(-c2ccn[nH]2)c1O. The number of rotatable bonds is 2. The number of hydrogen-bond donors (Lipinski definition) is 2. The Morgan fingerprint density at radius 1 is 1.36 bits per heavy atom. The normalized spacial score (nSPS) is 10.1. The smallest absolute Gasteiger partial charge is 0.167 e. The second-order valence-corrected chi connectivity index (χ2v) is 2.83. The van der Waals surface area contributed by atoms with Crippen molar-refractivity contribution < 1.29 is 9.84 Å². The highest BCUT2D eigenvalue weighted by molar-refractivity contribution is 5.70. The first-order valence-corrected chi connectivity index (χ1v) is 4.18. The highest BCUT2D eigenvalue weighted by Gasteiger charge is 2.09. The molecule has 0 aliphatic heterocycles. The van der Waals surface area contributed by atoms with E-state index in [-0.39, 0.29) is 5.75 Å². The van der Waals surface area contributed by atoms with Crippen molar-refractivity contribution >= 4 is 0 Å². The summed E-state index contributed by atoms with van der Waals surface area (Å²) in [5, 5.41) is 16.4. The standard InChI is InChI=1S/C10H10N2O2/c1-14-9-4-2-3-7(10(9)13)8-5-6-11-12-8/h2-6,13H,1H3,(H,11,12). The van der Waals surface area contributed by atoms with Crippen LogP contribution in [0, 0.1) is 0 Å². The summed E-state index contributed by atoms with van der Waals surface area (Å²) in [5.41, 5.74) is 1.45. The Hall–Kier alpha value is -1.97. The van der Waals surface area contributed by atoms with E-state index < -0.39 is 0 Å². The Balaban J connectivity index is 2.54. The van der Waals surface area contributed by atoms with Gasteiger partial charge in [-0.2, -0.15) is 5.10 Å². The third kappa shape index (κ3) is 1.31. The molecular formula is C10H10N2O2. The molecule has 2 N–H and O–H groups in total. The number of benzene rings is 1. The highest BCUT2D eigenvalue weighted by atomic mass is 16.5. The molecule has 0 saturated carbocycles. The lowest BCUT2D eigenvalue weighted by Crippen LogP contribution is -1.86. The number of para-hydroxylation sites is 1. The third-order valence-electron chi connectivity index (χ3n) is 2.01. The number of aromatic nitrogens is 2. The number of methoxy groups -OCH3 is 1. The molecule has 72 valence electrons. The Kier molecular flexibility index (Phi) is 2.10. The fourth-order valence-corrected chi connectivity index (χ4v) is 1.31. The van der Waals surface area contributed by atoms with Gasteiger partial charge in [-0.25, -0.2) is 0 Å². The van der Waals surface area contributed by atoms with Gasteiger partial charge in [0, 0.05) is 11.8 Å². The highest BCUT2D eigenvalue weighted by Crippen LogP contribution is 2.35. The first-order valence-electron chi connectivity index (χ1n) is 4.18. The number of aromatic hydroxyl groups is 1. The van der Waals surface area contributed by atoms with Gasteiger partial charge in [0.1, 0.15) is 0 Å². The molecule has 2 rings (SSSR count). The topological polar surface area (TPSA) is 58.1 Å². The Labute approximate surface area is 81.2 Å². The number of nitrogens with one attached hydrogen (secondary N) is 1. The second-order valence-electron chi connectivity index (χ2n) is 2.83. The van der Waals surface area contributed by atoms with E-state index in [0.717, 1.165) is 5.69 Å². The van der Waals surface area contributed by atoms with Crippen LogP contribution < -0.4 is 4.74 Å². The summed E-state index contributed by atoms with van der Waals surface area (Å²) >= 11 is 0. The average Bonchev–Trinajstić information content (AvgIpc) is 2.71. The van der Waals surface area contributed by atoms with Crippen molar-refractivity contribution in [3.05, 3.63) is 30.5 Å². The minimum atomic E-state index is 0.124. The zero-order valence-corrected chi connectivity index (χ0v) is 7.69. The first kappa shape index (κ1) is 8.62. The van der Waals surface area contributed by atoms with Gasteiger partial charge in [0.25, 0.3) is 0 Å². The number of hydrogen-bond acceptors (Lipinski definition) is 3. The van der Waals surface area contributed by atoms with E-state index in [2.05, 4.69) is 10.2 Å². The fourth-order valence-electron chi connectivity index (χ4n) is 1.31. The third-order valence-corrected chi connectivity index (χ3v) is 2.01. The Morgan fingerprint density at radius 2 is 2.21 bits per heavy atom. The molecule has 1 aromatic carbocycles. The van der Waals surface area contributed by atoms with E-state index in [0.29, 0.717) is 11.3 Å². The lowest BCUT2D eigenvalue weighted by Gasteiger charge is -2.06. The zero-order chi connectivity index (χ0) is 9.97. The minimum Gasteiger partial charge on any atom is -0.504 e. The second kappa shape index (κ2) is 3.41. The van der Waals surface area contributed by atoms with Crippen molar-refractivity contribution in [2.24, 2.45) is 0 Å². The van der Waals surface area contributed by atoms with E-state index in [4.69, 9.17) is 4.74 Å². The molecule has 0 unspecified atom stereocenters. The van der Waals surface area contributed by atoms with Crippen molar-refractivity contribution in [1.82, 2.24) is 10.2 Å². The molecule has 0 bridgehead atoms. The molecular weight excluding hydrogens is 180 g/mol. The van der Waals surface area contributed by atoms with Gasteiger partial charge in [-0.05, 0) is 18.2 Å². The molecule has 0 aliphatic carbocycles. The molecule has 14 heavy (non-hydrogen) atoms. The van der Waals surface area contributed by atoms with Gasteiger partial charge in [-0.1, -0.05) is 6.07 Å². The van der Waals surface area contributed by atoms with Gasteiger partial charge in [0.2, 0.25) is 0 Å². The van der Waals surface area contributed by atoms with Crippen molar-refractivity contribution in [2.75, 3.05) is 7.11 Å². The maximum Gasteiger partial charge on any atom is 0.167 e. The van der Waals surface area contributed by atoms with Crippen LogP contribution >= 0.6 is 0 Å². The number of ether oxygens (including phenoxy) is 1. The molecule has 1 heterocycles. The van der Waals surface area contributed by atoms with Crippen molar-refractivity contribution in [1.29, 1.82) is 0 Å². The van der Waals surface area contributed by atoms with Crippen LogP contribution in [0.5, 0.6) is 11.5 Å². The molecule has 1 aromatic heterocycles. The first-order chi connectivity index (χ1) is 6.83. The summed E-state index contributed by atoms with van der Waals surface area (Å²) in [7, 11) is 1.52. The molecule has 4 heteroatoms. The molecule has 0 aliphatic rings. The molecule has 0 saturated heterocycles. The van der Waals surface area contributed by atoms with Crippen LogP contribution in [0.25, 0.3) is 11.3 Å². The molecule has 4 nitrogen and oxygen atoms in total. The van der Waals surface area contributed by atoms with E-state index in [9.17, 15) is 5.11 Å². The van der Waals surface area contributed by atoms with Crippen molar-refractivity contribution in [2.45, 2.75) is 0 Å². The zero-order valence-electron chi connectivity index (χ0n) is 7.69. The number of nitrogens with zero attached hydrogens (tertiary/aromatic N) is 1. The predicted molar refractivity (Wildman–Crippen MR) is 52.2 cm³/mol. The number of phenolic OH excluding ortho intramolecular Hbond substituents is 1. The monoisotopic (exact) mass is 190 g/mol. The van der Waals surface area contributed by atoms with Crippen LogP contribution in [-0.4, -0.2) is 22.4 Å². The number of phenols is 1. The largest absolute Gasteiger partial charge is 0.504 e. The maximum atomic E-state index is 9.79. The van der Waals surface area contributed by atoms with E-state index in [1.165, 1.54) is 7.11 Å². The van der Waals surface area contributed by atoms with Crippen LogP contribution in [0.15, 0.2) is 30.5 Å². The molecule has 0 amide bonds. The maximum absolute atomic E-state index is 9.79. The predicted octanol–water partition coefficient (Wildman–Crippen LogP) is 1.79. The van der Waals surface area contributed by atoms with Gasteiger partial charge in [-0.15, -0.1) is 0 Å². The quantitative estimate of drug-likeness (QED) is 0.759. The summed E-state index contributed by atoms with van der Waals surface area (Å²) < 4.78 is 5.00. The summed E-state index contributed by atoms with van der Waals surface area (Å²) in [6, 6.07) is 7.10. The van der Waals surface area contributed by atoms with Crippen LogP contribution in [0.2, 0.25) is 0 Å². The van der Waals surface area contributed by atoms with Crippen LogP contribution in [0.3, 0.4) is 0 Å². The minimum absolute atomic E-state index is 0.124. The Bertz CT molecular complexity index is 424. The Morgan fingerprint density at radius 3 is 2.86 bits per heavy atom. The lowest BCUT2D eigenvalue weighted by molar-refractivity contribution is 0.374. The van der Waals surface area contributed by atoms with Crippen molar-refractivity contribution in [3.8, 4) is 22.8 Å². The van der Waals surface area contributed by atoms with Gasteiger partial charge < -0.3 is 9.84 Å². The van der Waals surface area contributed by atoms with Gasteiger partial charge in [-0.3, -0.25) is 5.10 Å². The van der Waals surface area contributed by atoms with E-state index >= 15 is 0 Å². The van der Waals surface area contributed by atoms with Gasteiger partial charge in [0.15, 0.2) is 11.5 Å². The lowest BCUT2D eigenvalue weighted by atomic mass is 10.1. The molecule has 0 atom stereocenters. The molecule has 0 fully saturated rings. The summed E-state index contributed by atoms with van der Waals surface area (Å²) in [4.78, 5) is 0.